The molecule has 0 aliphatic heterocycles. The number of nitro benzene ring substituents is 1. The molecule has 0 radical (unpaired) electrons. The second kappa shape index (κ2) is 11.3. The number of anilines is 1. The van der Waals surface area contributed by atoms with Crippen LogP contribution >= 0.6 is 24.0 Å². The number of nitro groups is 1. The van der Waals surface area contributed by atoms with Crippen LogP contribution in [-0.2, 0) is 6.54 Å². The van der Waals surface area contributed by atoms with Gasteiger partial charge in [0, 0.05) is 44.5 Å². The SMILES string of the molecule is CN=C(NCCNc1ccc([N+](=O)[O-])cc1)NCc1ccc(C)cc1.I. The molecule has 0 aliphatic rings. The third kappa shape index (κ3) is 7.26. The molecule has 0 saturated carbocycles. The van der Waals surface area contributed by atoms with E-state index in [0.717, 1.165) is 11.6 Å². The maximum atomic E-state index is 10.6. The summed E-state index contributed by atoms with van der Waals surface area (Å²) in [5.74, 6) is 0.728. The molecule has 0 spiro atoms. The van der Waals surface area contributed by atoms with Crippen molar-refractivity contribution in [2.45, 2.75) is 13.5 Å². The lowest BCUT2D eigenvalue weighted by molar-refractivity contribution is -0.384. The van der Waals surface area contributed by atoms with Crippen LogP contribution in [0.4, 0.5) is 11.4 Å². The minimum atomic E-state index is -0.408. The van der Waals surface area contributed by atoms with Crippen molar-refractivity contribution in [3.63, 3.8) is 0 Å². The lowest BCUT2D eigenvalue weighted by Crippen LogP contribution is -2.39. The molecule has 0 atom stereocenters. The number of nitrogens with one attached hydrogen (secondary N) is 3. The first-order valence-corrected chi connectivity index (χ1v) is 8.07. The molecule has 26 heavy (non-hydrogen) atoms. The van der Waals surface area contributed by atoms with E-state index in [4.69, 9.17) is 0 Å². The molecule has 0 aliphatic carbocycles. The number of non-ortho nitro benzene ring substituents is 1. The van der Waals surface area contributed by atoms with Gasteiger partial charge in [-0.15, -0.1) is 24.0 Å². The van der Waals surface area contributed by atoms with Crippen LogP contribution in [0.5, 0.6) is 0 Å². The highest BCUT2D eigenvalue weighted by Gasteiger charge is 2.03. The summed E-state index contributed by atoms with van der Waals surface area (Å²) < 4.78 is 0. The fourth-order valence-corrected chi connectivity index (χ4v) is 2.20. The minimum Gasteiger partial charge on any atom is -0.383 e. The standard InChI is InChI=1S/C18H23N5O2.HI/c1-14-3-5-15(6-4-14)13-22-18(19-2)21-12-11-20-16-7-9-17(10-8-16)23(24)25;/h3-10,20H,11-13H2,1-2H3,(H2,19,21,22);1H. The zero-order valence-electron chi connectivity index (χ0n) is 14.9. The summed E-state index contributed by atoms with van der Waals surface area (Å²) >= 11 is 0. The highest BCUT2D eigenvalue weighted by atomic mass is 127. The molecule has 2 aromatic carbocycles. The van der Waals surface area contributed by atoms with E-state index in [-0.39, 0.29) is 29.7 Å². The summed E-state index contributed by atoms with van der Waals surface area (Å²) in [7, 11) is 1.73. The predicted molar refractivity (Wildman–Crippen MR) is 116 cm³/mol. The highest BCUT2D eigenvalue weighted by molar-refractivity contribution is 14.0. The first-order chi connectivity index (χ1) is 12.1. The molecule has 0 heterocycles. The van der Waals surface area contributed by atoms with Crippen molar-refractivity contribution < 1.29 is 4.92 Å². The number of benzene rings is 2. The summed E-state index contributed by atoms with van der Waals surface area (Å²) in [4.78, 5) is 14.4. The average Bonchev–Trinajstić information content (AvgIpc) is 2.63. The monoisotopic (exact) mass is 469 g/mol. The smallest absolute Gasteiger partial charge is 0.269 e. The van der Waals surface area contributed by atoms with Gasteiger partial charge in [-0.25, -0.2) is 0 Å². The zero-order valence-corrected chi connectivity index (χ0v) is 17.2. The van der Waals surface area contributed by atoms with E-state index in [1.807, 2.05) is 0 Å². The Morgan fingerprint density at radius 1 is 1.04 bits per heavy atom. The Morgan fingerprint density at radius 2 is 1.69 bits per heavy atom. The van der Waals surface area contributed by atoms with Gasteiger partial charge >= 0.3 is 0 Å². The largest absolute Gasteiger partial charge is 0.383 e. The van der Waals surface area contributed by atoms with Crippen molar-refractivity contribution in [1.29, 1.82) is 0 Å². The van der Waals surface area contributed by atoms with E-state index in [0.29, 0.717) is 19.6 Å². The summed E-state index contributed by atoms with van der Waals surface area (Å²) in [6.45, 7) is 4.11. The van der Waals surface area contributed by atoms with Gasteiger partial charge in [-0.3, -0.25) is 15.1 Å². The molecule has 2 rings (SSSR count). The summed E-state index contributed by atoms with van der Waals surface area (Å²) in [5.41, 5.74) is 3.36. The summed E-state index contributed by atoms with van der Waals surface area (Å²) in [6.07, 6.45) is 0. The number of nitrogens with zero attached hydrogens (tertiary/aromatic N) is 2. The molecule has 3 N–H and O–H groups in total. The van der Waals surface area contributed by atoms with Crippen LogP contribution in [0.2, 0.25) is 0 Å². The minimum absolute atomic E-state index is 0. The van der Waals surface area contributed by atoms with E-state index >= 15 is 0 Å². The van der Waals surface area contributed by atoms with E-state index in [1.54, 1.807) is 19.2 Å². The normalized spacial score (nSPS) is 10.6. The van der Waals surface area contributed by atoms with Crippen LogP contribution < -0.4 is 16.0 Å². The zero-order chi connectivity index (χ0) is 18.1. The van der Waals surface area contributed by atoms with Crippen molar-refractivity contribution in [3.8, 4) is 0 Å². The first kappa shape index (κ1) is 21.7. The van der Waals surface area contributed by atoms with Crippen LogP contribution in [0.1, 0.15) is 11.1 Å². The molecule has 0 saturated heterocycles. The number of halogens is 1. The number of aliphatic imine (C=N–C) groups is 1. The molecule has 0 unspecified atom stereocenters. The van der Waals surface area contributed by atoms with Gasteiger partial charge in [0.15, 0.2) is 5.96 Å². The van der Waals surface area contributed by atoms with Gasteiger partial charge in [0.2, 0.25) is 0 Å². The summed E-state index contributed by atoms with van der Waals surface area (Å²) in [6, 6.07) is 14.7. The topological polar surface area (TPSA) is 91.6 Å². The van der Waals surface area contributed by atoms with Crippen molar-refractivity contribution in [2.75, 3.05) is 25.5 Å². The number of hydrogen-bond donors (Lipinski definition) is 3. The molecule has 140 valence electrons. The Bertz CT molecular complexity index is 717. The number of aryl methyl sites for hydroxylation is 1. The lowest BCUT2D eigenvalue weighted by atomic mass is 10.1. The van der Waals surface area contributed by atoms with Crippen LogP contribution in [0.25, 0.3) is 0 Å². The molecule has 2 aromatic rings. The van der Waals surface area contributed by atoms with Crippen LogP contribution in [-0.4, -0.2) is 31.0 Å². The van der Waals surface area contributed by atoms with Gasteiger partial charge in [0.25, 0.3) is 5.69 Å². The Morgan fingerprint density at radius 3 is 2.27 bits per heavy atom. The number of hydrogen-bond acceptors (Lipinski definition) is 4. The Balaban J connectivity index is 0.00000338. The van der Waals surface area contributed by atoms with Gasteiger partial charge < -0.3 is 16.0 Å². The molecule has 7 nitrogen and oxygen atoms in total. The van der Waals surface area contributed by atoms with Gasteiger partial charge in [0.05, 0.1) is 4.92 Å². The van der Waals surface area contributed by atoms with Crippen molar-refractivity contribution in [1.82, 2.24) is 10.6 Å². The van der Waals surface area contributed by atoms with Crippen LogP contribution in [0.15, 0.2) is 53.5 Å². The number of guanidine groups is 1. The van der Waals surface area contributed by atoms with Crippen LogP contribution in [0, 0.1) is 17.0 Å². The van der Waals surface area contributed by atoms with E-state index < -0.39 is 4.92 Å². The molecule has 0 bridgehead atoms. The predicted octanol–water partition coefficient (Wildman–Crippen LogP) is 3.30. The Labute approximate surface area is 170 Å². The maximum absolute atomic E-state index is 10.6. The Hall–Kier alpha value is -2.36. The molecule has 0 aromatic heterocycles. The second-order valence-electron chi connectivity index (χ2n) is 5.57. The first-order valence-electron chi connectivity index (χ1n) is 8.07. The molecule has 0 amide bonds. The van der Waals surface area contributed by atoms with Crippen molar-refractivity contribution >= 4 is 41.3 Å². The van der Waals surface area contributed by atoms with Gasteiger partial charge in [-0.2, -0.15) is 0 Å². The maximum Gasteiger partial charge on any atom is 0.269 e. The third-order valence-corrected chi connectivity index (χ3v) is 3.63. The average molecular weight is 469 g/mol. The van der Waals surface area contributed by atoms with Crippen molar-refractivity contribution in [2.24, 2.45) is 4.99 Å². The summed E-state index contributed by atoms with van der Waals surface area (Å²) in [5, 5.41) is 20.3. The second-order valence-corrected chi connectivity index (χ2v) is 5.57. The molecular formula is C18H24IN5O2. The van der Waals surface area contributed by atoms with E-state index in [2.05, 4.69) is 52.1 Å². The quantitative estimate of drug-likeness (QED) is 0.145. The van der Waals surface area contributed by atoms with E-state index in [9.17, 15) is 10.1 Å². The van der Waals surface area contributed by atoms with Gasteiger partial charge in [-0.05, 0) is 24.6 Å². The van der Waals surface area contributed by atoms with Crippen molar-refractivity contribution in [3.05, 3.63) is 69.8 Å². The Kier molecular flexibility index (Phi) is 9.42. The fourth-order valence-electron chi connectivity index (χ4n) is 2.20. The van der Waals surface area contributed by atoms with Gasteiger partial charge in [0.1, 0.15) is 0 Å². The lowest BCUT2D eigenvalue weighted by Gasteiger charge is -2.13. The molecule has 0 fully saturated rings. The third-order valence-electron chi connectivity index (χ3n) is 3.63. The number of rotatable bonds is 7. The van der Waals surface area contributed by atoms with Gasteiger partial charge in [-0.1, -0.05) is 29.8 Å². The highest BCUT2D eigenvalue weighted by Crippen LogP contribution is 2.14. The van der Waals surface area contributed by atoms with E-state index in [1.165, 1.54) is 23.3 Å². The molecule has 8 heteroatoms. The van der Waals surface area contributed by atoms with Crippen LogP contribution in [0.3, 0.4) is 0 Å². The molecular weight excluding hydrogens is 445 g/mol. The fraction of sp³-hybridized carbons (Fsp3) is 0.278.